The number of hydrogen-bond donors (Lipinski definition) is 1. The first kappa shape index (κ1) is 11.5. The molecule has 1 aliphatic rings. The van der Waals surface area contributed by atoms with Gasteiger partial charge in [-0.15, -0.1) is 0 Å². The Morgan fingerprint density at radius 3 is 2.88 bits per heavy atom. The van der Waals surface area contributed by atoms with Gasteiger partial charge in [0.2, 0.25) is 0 Å². The van der Waals surface area contributed by atoms with Crippen LogP contribution in [-0.4, -0.2) is 10.1 Å². The second-order valence-electron chi connectivity index (χ2n) is 4.97. The maximum Gasteiger partial charge on any atom is 0.141 e. The normalized spacial score (nSPS) is 35.0. The predicted molar refractivity (Wildman–Crippen MR) is 60.3 cm³/mol. The molecule has 2 nitrogen and oxygen atoms in total. The van der Waals surface area contributed by atoms with Gasteiger partial charge in [-0.25, -0.2) is 4.39 Å². The molecule has 1 aliphatic carbocycles. The maximum atomic E-state index is 13.1. The Bertz CT molecular complexity index is 382. The van der Waals surface area contributed by atoms with E-state index in [9.17, 15) is 9.50 Å². The third-order valence-electron chi connectivity index (χ3n) is 4.03. The van der Waals surface area contributed by atoms with Crippen molar-refractivity contribution in [2.45, 2.75) is 38.7 Å². The molecular formula is C13H18FNO. The van der Waals surface area contributed by atoms with E-state index in [2.05, 4.69) is 11.9 Å². The van der Waals surface area contributed by atoms with Crippen molar-refractivity contribution in [3.8, 4) is 0 Å². The highest BCUT2D eigenvalue weighted by Gasteiger charge is 2.41. The molecule has 1 aromatic rings. The molecule has 1 heterocycles. The van der Waals surface area contributed by atoms with Crippen molar-refractivity contribution in [1.82, 2.24) is 4.98 Å². The third kappa shape index (κ3) is 1.84. The third-order valence-corrected chi connectivity index (χ3v) is 4.03. The van der Waals surface area contributed by atoms with Gasteiger partial charge in [-0.1, -0.05) is 20.3 Å². The summed E-state index contributed by atoms with van der Waals surface area (Å²) in [5.41, 5.74) is -0.293. The fourth-order valence-corrected chi connectivity index (χ4v) is 2.70. The molecule has 0 aliphatic heterocycles. The van der Waals surface area contributed by atoms with E-state index in [1.807, 2.05) is 6.92 Å². The summed E-state index contributed by atoms with van der Waals surface area (Å²) >= 11 is 0. The highest BCUT2D eigenvalue weighted by molar-refractivity contribution is 5.21. The van der Waals surface area contributed by atoms with Crippen molar-refractivity contribution < 1.29 is 9.50 Å². The molecule has 0 aromatic carbocycles. The fourth-order valence-electron chi connectivity index (χ4n) is 2.70. The zero-order valence-corrected chi connectivity index (χ0v) is 9.78. The first-order valence-electron chi connectivity index (χ1n) is 5.87. The molecule has 1 saturated carbocycles. The van der Waals surface area contributed by atoms with Crippen LogP contribution in [0, 0.1) is 17.7 Å². The molecular weight excluding hydrogens is 205 g/mol. The number of pyridine rings is 1. The lowest BCUT2D eigenvalue weighted by molar-refractivity contribution is -0.0692. The van der Waals surface area contributed by atoms with Crippen molar-refractivity contribution in [2.75, 3.05) is 0 Å². The molecule has 3 heteroatoms. The fraction of sp³-hybridized carbons (Fsp3) is 0.615. The SMILES string of the molecule is CC1CCCC(O)(c2cncc(F)c2)C1C. The second kappa shape index (κ2) is 4.13. The van der Waals surface area contributed by atoms with Crippen LogP contribution in [0.4, 0.5) is 4.39 Å². The number of halogens is 1. The highest BCUT2D eigenvalue weighted by Crippen LogP contribution is 2.44. The van der Waals surface area contributed by atoms with Crippen LogP contribution in [0.2, 0.25) is 0 Å². The van der Waals surface area contributed by atoms with Gasteiger partial charge in [-0.05, 0) is 30.7 Å². The Kier molecular flexibility index (Phi) is 2.98. The number of aliphatic hydroxyl groups is 1. The van der Waals surface area contributed by atoms with Gasteiger partial charge >= 0.3 is 0 Å². The number of nitrogens with zero attached hydrogens (tertiary/aromatic N) is 1. The van der Waals surface area contributed by atoms with Gasteiger partial charge < -0.3 is 5.11 Å². The monoisotopic (exact) mass is 223 g/mol. The molecule has 3 unspecified atom stereocenters. The zero-order valence-electron chi connectivity index (χ0n) is 9.78. The largest absolute Gasteiger partial charge is 0.385 e. The molecule has 0 radical (unpaired) electrons. The minimum absolute atomic E-state index is 0.143. The van der Waals surface area contributed by atoms with E-state index < -0.39 is 5.60 Å². The first-order valence-corrected chi connectivity index (χ1v) is 5.87. The van der Waals surface area contributed by atoms with Crippen LogP contribution < -0.4 is 0 Å². The smallest absolute Gasteiger partial charge is 0.141 e. The summed E-state index contributed by atoms with van der Waals surface area (Å²) in [5.74, 6) is 0.225. The molecule has 88 valence electrons. The van der Waals surface area contributed by atoms with Crippen molar-refractivity contribution >= 4 is 0 Å². The molecule has 0 amide bonds. The average molecular weight is 223 g/mol. The average Bonchev–Trinajstić information content (AvgIpc) is 2.26. The summed E-state index contributed by atoms with van der Waals surface area (Å²) in [6, 6.07) is 1.40. The molecule has 1 N–H and O–H groups in total. The van der Waals surface area contributed by atoms with E-state index in [1.165, 1.54) is 12.3 Å². The van der Waals surface area contributed by atoms with Crippen LogP contribution in [0.1, 0.15) is 38.7 Å². The Morgan fingerprint density at radius 2 is 2.19 bits per heavy atom. The van der Waals surface area contributed by atoms with Gasteiger partial charge in [0.25, 0.3) is 0 Å². The van der Waals surface area contributed by atoms with Gasteiger partial charge in [0.05, 0.1) is 11.8 Å². The van der Waals surface area contributed by atoms with Gasteiger partial charge in [-0.2, -0.15) is 0 Å². The Labute approximate surface area is 95.5 Å². The van der Waals surface area contributed by atoms with E-state index in [1.54, 1.807) is 6.20 Å². The Morgan fingerprint density at radius 1 is 1.44 bits per heavy atom. The topological polar surface area (TPSA) is 33.1 Å². The molecule has 2 rings (SSSR count). The van der Waals surface area contributed by atoms with E-state index in [0.717, 1.165) is 12.8 Å². The van der Waals surface area contributed by atoms with Gasteiger partial charge in [0.15, 0.2) is 0 Å². The summed E-state index contributed by atoms with van der Waals surface area (Å²) in [6.45, 7) is 4.18. The molecule has 16 heavy (non-hydrogen) atoms. The summed E-state index contributed by atoms with van der Waals surface area (Å²) in [5, 5.41) is 10.7. The molecule has 0 spiro atoms. The van der Waals surface area contributed by atoms with E-state index in [-0.39, 0.29) is 11.7 Å². The predicted octanol–water partition coefficient (Wildman–Crippen LogP) is 2.86. The van der Waals surface area contributed by atoms with E-state index in [4.69, 9.17) is 0 Å². The van der Waals surface area contributed by atoms with Crippen LogP contribution in [-0.2, 0) is 5.60 Å². The zero-order chi connectivity index (χ0) is 11.8. The van der Waals surface area contributed by atoms with Crippen LogP contribution in [0.15, 0.2) is 18.5 Å². The van der Waals surface area contributed by atoms with Crippen molar-refractivity contribution in [2.24, 2.45) is 11.8 Å². The van der Waals surface area contributed by atoms with Crippen LogP contribution in [0.5, 0.6) is 0 Å². The van der Waals surface area contributed by atoms with Crippen molar-refractivity contribution in [1.29, 1.82) is 0 Å². The number of rotatable bonds is 1. The summed E-state index contributed by atoms with van der Waals surface area (Å²) < 4.78 is 13.1. The lowest BCUT2D eigenvalue weighted by atomic mass is 9.68. The Hall–Kier alpha value is -0.960. The van der Waals surface area contributed by atoms with Gasteiger partial charge in [0, 0.05) is 11.8 Å². The molecule has 1 aromatic heterocycles. The summed E-state index contributed by atoms with van der Waals surface area (Å²) in [6.07, 6.45) is 5.57. The minimum atomic E-state index is -0.910. The second-order valence-corrected chi connectivity index (χ2v) is 4.97. The highest BCUT2D eigenvalue weighted by atomic mass is 19.1. The van der Waals surface area contributed by atoms with Crippen molar-refractivity contribution in [3.63, 3.8) is 0 Å². The summed E-state index contributed by atoms with van der Waals surface area (Å²) in [7, 11) is 0. The standard InChI is InChI=1S/C13H18FNO/c1-9-4-3-5-13(16,10(9)2)11-6-12(14)8-15-7-11/h6-10,16H,3-5H2,1-2H3. The molecule has 3 atom stereocenters. The minimum Gasteiger partial charge on any atom is -0.385 e. The van der Waals surface area contributed by atoms with Gasteiger partial charge in [0.1, 0.15) is 5.82 Å². The van der Waals surface area contributed by atoms with Crippen LogP contribution in [0.25, 0.3) is 0 Å². The van der Waals surface area contributed by atoms with Crippen molar-refractivity contribution in [3.05, 3.63) is 29.8 Å². The van der Waals surface area contributed by atoms with E-state index in [0.29, 0.717) is 17.9 Å². The number of aromatic nitrogens is 1. The molecule has 1 fully saturated rings. The van der Waals surface area contributed by atoms with Crippen LogP contribution >= 0.6 is 0 Å². The first-order chi connectivity index (χ1) is 7.54. The molecule has 0 saturated heterocycles. The number of hydrogen-bond acceptors (Lipinski definition) is 2. The maximum absolute atomic E-state index is 13.1. The quantitative estimate of drug-likeness (QED) is 0.794. The summed E-state index contributed by atoms with van der Waals surface area (Å²) in [4.78, 5) is 3.83. The molecule has 0 bridgehead atoms. The van der Waals surface area contributed by atoms with Gasteiger partial charge in [-0.3, -0.25) is 4.98 Å². The lowest BCUT2D eigenvalue weighted by Gasteiger charge is -2.42. The van der Waals surface area contributed by atoms with Crippen LogP contribution in [0.3, 0.4) is 0 Å². The Balaban J connectivity index is 2.36. The lowest BCUT2D eigenvalue weighted by Crippen LogP contribution is -2.40. The van der Waals surface area contributed by atoms with E-state index >= 15 is 0 Å².